The van der Waals surface area contributed by atoms with Gasteiger partial charge in [0.15, 0.2) is 0 Å². The van der Waals surface area contributed by atoms with Crippen molar-refractivity contribution in [3.8, 4) is 0 Å². The summed E-state index contributed by atoms with van der Waals surface area (Å²) in [6.07, 6.45) is 1.82. The van der Waals surface area contributed by atoms with Crippen molar-refractivity contribution in [1.82, 2.24) is 19.8 Å². The number of hydrogen-bond donors (Lipinski definition) is 2. The van der Waals surface area contributed by atoms with Crippen molar-refractivity contribution in [2.45, 2.75) is 53.1 Å². The molecule has 1 aromatic rings. The fraction of sp³-hybridized carbons (Fsp3) is 0.824. The molecule has 1 fully saturated rings. The highest BCUT2D eigenvalue weighted by atomic mass is 16.3. The Kier molecular flexibility index (Phi) is 6.41. The molecule has 0 bridgehead atoms. The van der Waals surface area contributed by atoms with Gasteiger partial charge in [0, 0.05) is 57.5 Å². The average Bonchev–Trinajstić information content (AvgIpc) is 2.82. The van der Waals surface area contributed by atoms with Crippen molar-refractivity contribution in [3.05, 3.63) is 17.2 Å². The molecular formula is C17H32N4O. The van der Waals surface area contributed by atoms with E-state index in [1.807, 2.05) is 0 Å². The third-order valence-electron chi connectivity index (χ3n) is 4.49. The molecule has 0 spiro atoms. The van der Waals surface area contributed by atoms with Crippen LogP contribution in [0.25, 0.3) is 0 Å². The van der Waals surface area contributed by atoms with Gasteiger partial charge in [0.2, 0.25) is 0 Å². The number of aliphatic hydroxyl groups is 1. The fourth-order valence-corrected chi connectivity index (χ4v) is 3.33. The number of imidazole rings is 1. The number of aryl methyl sites for hydroxylation is 2. The molecule has 126 valence electrons. The first-order chi connectivity index (χ1) is 10.5. The Labute approximate surface area is 134 Å². The molecule has 1 aliphatic heterocycles. The highest BCUT2D eigenvalue weighted by Crippen LogP contribution is 2.17. The Hall–Kier alpha value is -0.910. The number of nitrogens with zero attached hydrogens (tertiary/aromatic N) is 3. The van der Waals surface area contributed by atoms with Gasteiger partial charge in [-0.05, 0) is 19.3 Å². The van der Waals surface area contributed by atoms with Crippen molar-refractivity contribution in [2.75, 3.05) is 32.8 Å². The van der Waals surface area contributed by atoms with E-state index in [1.54, 1.807) is 0 Å². The Bertz CT molecular complexity index is 458. The van der Waals surface area contributed by atoms with Crippen molar-refractivity contribution in [2.24, 2.45) is 5.92 Å². The molecule has 0 aromatic carbocycles. The number of nitrogens with one attached hydrogen (secondary N) is 1. The van der Waals surface area contributed by atoms with Crippen LogP contribution in [0.15, 0.2) is 0 Å². The number of rotatable bonds is 7. The van der Waals surface area contributed by atoms with Crippen LogP contribution in [0.5, 0.6) is 0 Å². The van der Waals surface area contributed by atoms with E-state index in [0.717, 1.165) is 51.4 Å². The van der Waals surface area contributed by atoms with E-state index in [0.29, 0.717) is 12.0 Å². The van der Waals surface area contributed by atoms with Gasteiger partial charge >= 0.3 is 0 Å². The van der Waals surface area contributed by atoms with Crippen LogP contribution in [0.3, 0.4) is 0 Å². The first-order valence-electron chi connectivity index (χ1n) is 8.65. The van der Waals surface area contributed by atoms with E-state index in [1.165, 1.54) is 11.4 Å². The molecule has 1 saturated heterocycles. The van der Waals surface area contributed by atoms with Gasteiger partial charge in [0.1, 0.15) is 5.82 Å². The van der Waals surface area contributed by atoms with Crippen LogP contribution in [0.2, 0.25) is 0 Å². The Balaban J connectivity index is 1.97. The van der Waals surface area contributed by atoms with Crippen LogP contribution in [0.1, 0.15) is 44.4 Å². The average molecular weight is 308 g/mol. The van der Waals surface area contributed by atoms with Crippen LogP contribution < -0.4 is 0 Å². The minimum atomic E-state index is 0.272. The molecule has 5 heteroatoms. The summed E-state index contributed by atoms with van der Waals surface area (Å²) in [4.78, 5) is 13.1. The minimum Gasteiger partial charge on any atom is -0.396 e. The van der Waals surface area contributed by atoms with Gasteiger partial charge in [-0.3, -0.25) is 9.80 Å². The topological polar surface area (TPSA) is 55.4 Å². The lowest BCUT2D eigenvalue weighted by Crippen LogP contribution is -2.53. The first kappa shape index (κ1) is 17.4. The van der Waals surface area contributed by atoms with E-state index in [4.69, 9.17) is 4.98 Å². The van der Waals surface area contributed by atoms with Gasteiger partial charge in [-0.1, -0.05) is 20.8 Å². The molecule has 1 atom stereocenters. The standard InChI is InChI=1S/C17H32N4O/c1-5-17-18-14(4)16(19-17)12-20-7-8-21(10-13(2)3)15(11-20)6-9-22/h13,15,22H,5-12H2,1-4H3,(H,18,19). The van der Waals surface area contributed by atoms with Crippen LogP contribution >= 0.6 is 0 Å². The number of piperazine rings is 1. The molecule has 0 saturated carbocycles. The maximum absolute atomic E-state index is 9.36. The summed E-state index contributed by atoms with van der Waals surface area (Å²) in [5.41, 5.74) is 2.37. The van der Waals surface area contributed by atoms with Crippen LogP contribution in [0, 0.1) is 12.8 Å². The summed E-state index contributed by atoms with van der Waals surface area (Å²) in [7, 11) is 0. The van der Waals surface area contributed by atoms with Gasteiger partial charge in [-0.2, -0.15) is 0 Å². The van der Waals surface area contributed by atoms with Crippen LogP contribution in [0.4, 0.5) is 0 Å². The first-order valence-corrected chi connectivity index (χ1v) is 8.65. The monoisotopic (exact) mass is 308 g/mol. The van der Waals surface area contributed by atoms with E-state index >= 15 is 0 Å². The fourth-order valence-electron chi connectivity index (χ4n) is 3.33. The summed E-state index contributed by atoms with van der Waals surface area (Å²) in [5.74, 6) is 1.76. The largest absolute Gasteiger partial charge is 0.396 e. The molecule has 0 radical (unpaired) electrons. The Morgan fingerprint density at radius 3 is 2.73 bits per heavy atom. The second-order valence-electron chi connectivity index (χ2n) is 6.90. The number of aliphatic hydroxyl groups excluding tert-OH is 1. The number of hydrogen-bond acceptors (Lipinski definition) is 4. The van der Waals surface area contributed by atoms with Crippen molar-refractivity contribution >= 4 is 0 Å². The lowest BCUT2D eigenvalue weighted by atomic mass is 10.1. The van der Waals surface area contributed by atoms with E-state index in [2.05, 4.69) is 42.5 Å². The number of aromatic nitrogens is 2. The van der Waals surface area contributed by atoms with Gasteiger partial charge in [-0.25, -0.2) is 4.98 Å². The summed E-state index contributed by atoms with van der Waals surface area (Å²) in [6, 6.07) is 0.464. The third kappa shape index (κ3) is 4.54. The van der Waals surface area contributed by atoms with Gasteiger partial charge in [-0.15, -0.1) is 0 Å². The van der Waals surface area contributed by atoms with Crippen LogP contribution in [-0.2, 0) is 13.0 Å². The second-order valence-corrected chi connectivity index (χ2v) is 6.90. The summed E-state index contributed by atoms with van der Waals surface area (Å²) < 4.78 is 0. The molecule has 2 N–H and O–H groups in total. The zero-order valence-corrected chi connectivity index (χ0v) is 14.6. The molecule has 2 rings (SSSR count). The maximum atomic E-state index is 9.36. The molecule has 0 aliphatic carbocycles. The van der Waals surface area contributed by atoms with Gasteiger partial charge in [0.25, 0.3) is 0 Å². The zero-order chi connectivity index (χ0) is 16.1. The number of aromatic amines is 1. The second kappa shape index (κ2) is 8.09. The lowest BCUT2D eigenvalue weighted by Gasteiger charge is -2.42. The molecule has 1 unspecified atom stereocenters. The van der Waals surface area contributed by atoms with E-state index in [9.17, 15) is 5.11 Å². The SMILES string of the molecule is CCc1nc(CN2CCN(CC(C)C)C(CCO)C2)c(C)[nH]1. The summed E-state index contributed by atoms with van der Waals surface area (Å²) in [5, 5.41) is 9.36. The molecule has 5 nitrogen and oxygen atoms in total. The molecule has 2 heterocycles. The quantitative estimate of drug-likeness (QED) is 0.806. The van der Waals surface area contributed by atoms with E-state index < -0.39 is 0 Å². The normalized spacial score (nSPS) is 20.9. The summed E-state index contributed by atoms with van der Waals surface area (Å²) in [6.45, 7) is 14.3. The van der Waals surface area contributed by atoms with Gasteiger partial charge < -0.3 is 10.1 Å². The third-order valence-corrected chi connectivity index (χ3v) is 4.49. The molecule has 22 heavy (non-hydrogen) atoms. The van der Waals surface area contributed by atoms with Crippen molar-refractivity contribution < 1.29 is 5.11 Å². The summed E-state index contributed by atoms with van der Waals surface area (Å²) >= 11 is 0. The number of H-pyrrole nitrogens is 1. The molecule has 0 amide bonds. The molecule has 1 aromatic heterocycles. The minimum absolute atomic E-state index is 0.272. The van der Waals surface area contributed by atoms with Crippen molar-refractivity contribution in [1.29, 1.82) is 0 Å². The molecular weight excluding hydrogens is 276 g/mol. The zero-order valence-electron chi connectivity index (χ0n) is 14.6. The maximum Gasteiger partial charge on any atom is 0.106 e. The van der Waals surface area contributed by atoms with Crippen molar-refractivity contribution in [3.63, 3.8) is 0 Å². The smallest absolute Gasteiger partial charge is 0.106 e. The van der Waals surface area contributed by atoms with Gasteiger partial charge in [0.05, 0.1) is 5.69 Å². The van der Waals surface area contributed by atoms with Crippen LogP contribution in [-0.4, -0.2) is 63.7 Å². The predicted octanol–water partition coefficient (Wildman–Crippen LogP) is 1.81. The Morgan fingerprint density at radius 2 is 2.14 bits per heavy atom. The lowest BCUT2D eigenvalue weighted by molar-refractivity contribution is 0.0471. The highest BCUT2D eigenvalue weighted by molar-refractivity contribution is 5.13. The predicted molar refractivity (Wildman–Crippen MR) is 89.9 cm³/mol. The molecule has 1 aliphatic rings. The Morgan fingerprint density at radius 1 is 1.36 bits per heavy atom. The van der Waals surface area contributed by atoms with E-state index in [-0.39, 0.29) is 6.61 Å². The highest BCUT2D eigenvalue weighted by Gasteiger charge is 2.27.